The Bertz CT molecular complexity index is 1230. The standard InChI is InChI=1S/C26H23N3O/c1-4-17-28(3)22-15-16-24-23(18-22)26(30)29(19(2)27-24)25(20-11-7-5-8-12-20)21-13-9-6-10-14-21/h1,5-16,18,25H,17H2,2-3H3. The van der Waals surface area contributed by atoms with Gasteiger partial charge >= 0.3 is 0 Å². The number of aromatic nitrogens is 2. The Morgan fingerprint density at radius 2 is 1.60 bits per heavy atom. The molecule has 4 nitrogen and oxygen atoms in total. The summed E-state index contributed by atoms with van der Waals surface area (Å²) in [6.07, 6.45) is 5.45. The molecule has 0 bridgehead atoms. The molecule has 0 aliphatic carbocycles. The largest absolute Gasteiger partial charge is 0.363 e. The van der Waals surface area contributed by atoms with Crippen LogP contribution in [0.15, 0.2) is 83.7 Å². The minimum atomic E-state index is -0.260. The van der Waals surface area contributed by atoms with E-state index in [0.717, 1.165) is 16.8 Å². The van der Waals surface area contributed by atoms with Crippen LogP contribution < -0.4 is 10.5 Å². The summed E-state index contributed by atoms with van der Waals surface area (Å²) in [6.45, 7) is 2.35. The van der Waals surface area contributed by atoms with Crippen molar-refractivity contribution in [2.24, 2.45) is 0 Å². The van der Waals surface area contributed by atoms with Gasteiger partial charge in [0.25, 0.3) is 5.56 Å². The van der Waals surface area contributed by atoms with Crippen molar-refractivity contribution in [3.63, 3.8) is 0 Å². The number of anilines is 1. The van der Waals surface area contributed by atoms with Crippen LogP contribution in [0.1, 0.15) is 23.0 Å². The highest BCUT2D eigenvalue weighted by Gasteiger charge is 2.21. The van der Waals surface area contributed by atoms with Crippen LogP contribution in [0.4, 0.5) is 5.69 Å². The van der Waals surface area contributed by atoms with Crippen LogP contribution in [-0.2, 0) is 0 Å². The number of terminal acetylenes is 1. The van der Waals surface area contributed by atoms with Crippen molar-refractivity contribution >= 4 is 16.6 Å². The van der Waals surface area contributed by atoms with Gasteiger partial charge in [0, 0.05) is 12.7 Å². The Hall–Kier alpha value is -3.84. The van der Waals surface area contributed by atoms with Gasteiger partial charge in [-0.3, -0.25) is 9.36 Å². The highest BCUT2D eigenvalue weighted by Crippen LogP contribution is 2.27. The lowest BCUT2D eigenvalue weighted by atomic mass is 9.98. The number of hydrogen-bond acceptors (Lipinski definition) is 3. The summed E-state index contributed by atoms with van der Waals surface area (Å²) in [5, 5.41) is 0.582. The molecular weight excluding hydrogens is 370 g/mol. The lowest BCUT2D eigenvalue weighted by Crippen LogP contribution is -2.29. The Kier molecular flexibility index (Phi) is 5.36. The first-order valence-corrected chi connectivity index (χ1v) is 9.87. The molecule has 0 radical (unpaired) electrons. The Morgan fingerprint density at radius 3 is 2.17 bits per heavy atom. The molecule has 30 heavy (non-hydrogen) atoms. The Morgan fingerprint density at radius 1 is 1.00 bits per heavy atom. The van der Waals surface area contributed by atoms with E-state index in [1.807, 2.05) is 97.7 Å². The first kappa shape index (κ1) is 19.5. The molecule has 0 N–H and O–H groups in total. The second-order valence-electron chi connectivity index (χ2n) is 7.32. The number of benzene rings is 3. The number of nitrogens with zero attached hydrogens (tertiary/aromatic N) is 3. The molecular formula is C26H23N3O. The molecule has 4 rings (SSSR count). The van der Waals surface area contributed by atoms with Gasteiger partial charge < -0.3 is 4.90 Å². The average Bonchev–Trinajstić information content (AvgIpc) is 2.78. The molecule has 4 aromatic rings. The van der Waals surface area contributed by atoms with Gasteiger partial charge in [-0.05, 0) is 36.2 Å². The molecule has 0 unspecified atom stereocenters. The number of hydrogen-bond donors (Lipinski definition) is 0. The summed E-state index contributed by atoms with van der Waals surface area (Å²) in [4.78, 5) is 20.4. The summed E-state index contributed by atoms with van der Waals surface area (Å²) >= 11 is 0. The summed E-state index contributed by atoms with van der Waals surface area (Å²) < 4.78 is 1.79. The van der Waals surface area contributed by atoms with Crippen molar-refractivity contribution in [2.75, 3.05) is 18.5 Å². The van der Waals surface area contributed by atoms with Gasteiger partial charge in [-0.15, -0.1) is 6.42 Å². The maximum absolute atomic E-state index is 13.7. The van der Waals surface area contributed by atoms with Gasteiger partial charge in [0.15, 0.2) is 0 Å². The van der Waals surface area contributed by atoms with E-state index in [-0.39, 0.29) is 11.6 Å². The van der Waals surface area contributed by atoms with Crippen molar-refractivity contribution in [3.8, 4) is 12.3 Å². The van der Waals surface area contributed by atoms with Crippen LogP contribution in [0.5, 0.6) is 0 Å². The summed E-state index contributed by atoms with van der Waals surface area (Å²) in [6, 6.07) is 25.6. The predicted molar refractivity (Wildman–Crippen MR) is 123 cm³/mol. The fourth-order valence-corrected chi connectivity index (χ4v) is 3.83. The van der Waals surface area contributed by atoms with Crippen LogP contribution in [-0.4, -0.2) is 23.1 Å². The maximum atomic E-state index is 13.7. The molecule has 0 amide bonds. The maximum Gasteiger partial charge on any atom is 0.262 e. The molecule has 1 aromatic heterocycles. The monoisotopic (exact) mass is 393 g/mol. The summed E-state index contributed by atoms with van der Waals surface area (Å²) in [7, 11) is 1.91. The first-order valence-electron chi connectivity index (χ1n) is 9.87. The third-order valence-electron chi connectivity index (χ3n) is 5.32. The molecule has 0 aliphatic heterocycles. The van der Waals surface area contributed by atoms with E-state index >= 15 is 0 Å². The highest BCUT2D eigenvalue weighted by molar-refractivity contribution is 5.82. The third-order valence-corrected chi connectivity index (χ3v) is 5.32. The van der Waals surface area contributed by atoms with Gasteiger partial charge in [0.05, 0.1) is 23.5 Å². The van der Waals surface area contributed by atoms with Crippen molar-refractivity contribution in [2.45, 2.75) is 13.0 Å². The fourth-order valence-electron chi connectivity index (χ4n) is 3.83. The van der Waals surface area contributed by atoms with E-state index < -0.39 is 0 Å². The second-order valence-corrected chi connectivity index (χ2v) is 7.32. The molecule has 0 aliphatic rings. The van der Waals surface area contributed by atoms with E-state index in [4.69, 9.17) is 11.4 Å². The van der Waals surface area contributed by atoms with Crippen LogP contribution in [0, 0.1) is 19.3 Å². The van der Waals surface area contributed by atoms with Gasteiger partial charge in [0.2, 0.25) is 0 Å². The average molecular weight is 393 g/mol. The van der Waals surface area contributed by atoms with Crippen LogP contribution in [0.25, 0.3) is 10.9 Å². The predicted octanol–water partition coefficient (Wildman–Crippen LogP) is 4.41. The van der Waals surface area contributed by atoms with Crippen molar-refractivity contribution in [1.29, 1.82) is 0 Å². The molecule has 3 aromatic carbocycles. The van der Waals surface area contributed by atoms with Crippen molar-refractivity contribution in [3.05, 3.63) is 106 Å². The number of fused-ring (bicyclic) bond motifs is 1. The second kappa shape index (κ2) is 8.26. The molecule has 1 heterocycles. The zero-order valence-corrected chi connectivity index (χ0v) is 17.1. The van der Waals surface area contributed by atoms with Gasteiger partial charge in [-0.1, -0.05) is 66.6 Å². The molecule has 0 atom stereocenters. The van der Waals surface area contributed by atoms with Gasteiger partial charge in [-0.2, -0.15) is 0 Å². The lowest BCUT2D eigenvalue weighted by Gasteiger charge is -2.24. The molecule has 0 saturated heterocycles. The number of rotatable bonds is 5. The molecule has 0 saturated carbocycles. The van der Waals surface area contributed by atoms with Crippen molar-refractivity contribution < 1.29 is 0 Å². The van der Waals surface area contributed by atoms with Crippen LogP contribution >= 0.6 is 0 Å². The van der Waals surface area contributed by atoms with E-state index in [1.165, 1.54) is 0 Å². The topological polar surface area (TPSA) is 38.1 Å². The molecule has 0 spiro atoms. The van der Waals surface area contributed by atoms with Crippen LogP contribution in [0.3, 0.4) is 0 Å². The van der Waals surface area contributed by atoms with E-state index in [9.17, 15) is 4.79 Å². The minimum absolute atomic E-state index is 0.0637. The molecule has 4 heteroatoms. The van der Waals surface area contributed by atoms with Gasteiger partial charge in [0.1, 0.15) is 5.82 Å². The summed E-state index contributed by atoms with van der Waals surface area (Å²) in [5.74, 6) is 3.31. The normalized spacial score (nSPS) is 10.9. The fraction of sp³-hybridized carbons (Fsp3) is 0.154. The van der Waals surface area contributed by atoms with Gasteiger partial charge in [-0.25, -0.2) is 4.98 Å². The zero-order chi connectivity index (χ0) is 21.1. The Balaban J connectivity index is 1.97. The van der Waals surface area contributed by atoms with Crippen LogP contribution in [0.2, 0.25) is 0 Å². The first-order chi connectivity index (χ1) is 14.6. The van der Waals surface area contributed by atoms with E-state index in [2.05, 4.69) is 5.92 Å². The highest BCUT2D eigenvalue weighted by atomic mass is 16.1. The zero-order valence-electron chi connectivity index (χ0n) is 17.1. The van der Waals surface area contributed by atoms with Crippen molar-refractivity contribution in [1.82, 2.24) is 9.55 Å². The van der Waals surface area contributed by atoms with E-state index in [1.54, 1.807) is 4.57 Å². The summed E-state index contributed by atoms with van der Waals surface area (Å²) in [5.41, 5.74) is 3.59. The Labute approximate surface area is 176 Å². The minimum Gasteiger partial charge on any atom is -0.363 e. The third kappa shape index (κ3) is 3.58. The molecule has 0 fully saturated rings. The molecule has 148 valence electrons. The number of aryl methyl sites for hydroxylation is 1. The smallest absolute Gasteiger partial charge is 0.262 e. The SMILES string of the molecule is C#CCN(C)c1ccc2nc(C)n(C(c3ccccc3)c3ccccc3)c(=O)c2c1. The van der Waals surface area contributed by atoms with E-state index in [0.29, 0.717) is 23.3 Å². The quantitative estimate of drug-likeness (QED) is 0.471. The lowest BCUT2D eigenvalue weighted by molar-refractivity contribution is 0.620.